The van der Waals surface area contributed by atoms with Crippen LogP contribution in [-0.4, -0.2) is 59.3 Å². The molecule has 2 aromatic rings. The van der Waals surface area contributed by atoms with Gasteiger partial charge in [0, 0.05) is 30.2 Å². The third kappa shape index (κ3) is 3.23. The number of para-hydroxylation sites is 1. The second kappa shape index (κ2) is 7.00. The Balaban J connectivity index is 1.44. The van der Waals surface area contributed by atoms with Gasteiger partial charge in [0.15, 0.2) is 0 Å². The SMILES string of the molecule is CN1CCCC2(CCN(C(=O)Cc3c[nH]c4ccccc34)CC2)C1C(N)=O. The molecule has 0 saturated carbocycles. The molecule has 2 saturated heterocycles. The number of nitrogens with two attached hydrogens (primary N) is 1. The number of nitrogens with zero attached hydrogens (tertiary/aromatic N) is 2. The average molecular weight is 368 g/mol. The minimum Gasteiger partial charge on any atom is -0.368 e. The number of fused-ring (bicyclic) bond motifs is 1. The second-order valence-corrected chi connectivity index (χ2v) is 8.17. The summed E-state index contributed by atoms with van der Waals surface area (Å²) in [7, 11) is 1.99. The summed E-state index contributed by atoms with van der Waals surface area (Å²) in [5.41, 5.74) is 7.77. The number of carbonyl (C=O) groups excluding carboxylic acids is 2. The molecule has 1 unspecified atom stereocenters. The Morgan fingerprint density at radius 2 is 1.93 bits per heavy atom. The monoisotopic (exact) mass is 368 g/mol. The molecule has 27 heavy (non-hydrogen) atoms. The summed E-state index contributed by atoms with van der Waals surface area (Å²) in [6.07, 6.45) is 6.16. The van der Waals surface area contributed by atoms with Gasteiger partial charge in [-0.25, -0.2) is 0 Å². The van der Waals surface area contributed by atoms with Crippen molar-refractivity contribution in [2.24, 2.45) is 11.1 Å². The lowest BCUT2D eigenvalue weighted by Crippen LogP contribution is -2.60. The van der Waals surface area contributed by atoms with E-state index in [0.29, 0.717) is 19.5 Å². The van der Waals surface area contributed by atoms with E-state index in [9.17, 15) is 9.59 Å². The molecular formula is C21H28N4O2. The molecule has 1 atom stereocenters. The summed E-state index contributed by atoms with van der Waals surface area (Å²) in [5.74, 6) is -0.0647. The maximum Gasteiger partial charge on any atom is 0.235 e. The molecule has 6 nitrogen and oxygen atoms in total. The highest BCUT2D eigenvalue weighted by atomic mass is 16.2. The number of aromatic nitrogens is 1. The van der Waals surface area contributed by atoms with E-state index in [2.05, 4.69) is 16.0 Å². The van der Waals surface area contributed by atoms with Crippen LogP contribution in [-0.2, 0) is 16.0 Å². The highest BCUT2D eigenvalue weighted by Crippen LogP contribution is 2.44. The standard InChI is InChI=1S/C21H28N4O2/c1-24-10-4-7-21(19(24)20(22)27)8-11-25(12-9-21)18(26)13-15-14-23-17-6-3-2-5-16(15)17/h2-3,5-6,14,19,23H,4,7-13H2,1H3,(H2,22,27). The van der Waals surface area contributed by atoms with Crippen LogP contribution in [0.4, 0.5) is 0 Å². The number of piperidine rings is 2. The fourth-order valence-electron chi connectivity index (χ4n) is 5.21. The number of hydrogen-bond donors (Lipinski definition) is 2. The Labute approximate surface area is 159 Å². The summed E-state index contributed by atoms with van der Waals surface area (Å²) in [6, 6.07) is 7.85. The molecule has 4 rings (SSSR count). The van der Waals surface area contributed by atoms with Gasteiger partial charge < -0.3 is 15.6 Å². The van der Waals surface area contributed by atoms with Gasteiger partial charge >= 0.3 is 0 Å². The van der Waals surface area contributed by atoms with Crippen molar-refractivity contribution in [2.75, 3.05) is 26.7 Å². The van der Waals surface area contributed by atoms with E-state index in [4.69, 9.17) is 5.73 Å². The van der Waals surface area contributed by atoms with Crippen molar-refractivity contribution in [3.63, 3.8) is 0 Å². The molecule has 2 aliphatic heterocycles. The molecule has 0 aliphatic carbocycles. The number of hydrogen-bond acceptors (Lipinski definition) is 3. The molecule has 2 aliphatic rings. The molecule has 6 heteroatoms. The van der Waals surface area contributed by atoms with E-state index in [1.165, 1.54) is 0 Å². The highest BCUT2D eigenvalue weighted by Gasteiger charge is 2.48. The Morgan fingerprint density at radius 3 is 2.67 bits per heavy atom. The van der Waals surface area contributed by atoms with Crippen molar-refractivity contribution < 1.29 is 9.59 Å². The van der Waals surface area contributed by atoms with Crippen LogP contribution in [0.1, 0.15) is 31.2 Å². The van der Waals surface area contributed by atoms with Crippen LogP contribution in [0.2, 0.25) is 0 Å². The summed E-state index contributed by atoms with van der Waals surface area (Å²) >= 11 is 0. The molecule has 3 heterocycles. The predicted molar refractivity (Wildman–Crippen MR) is 105 cm³/mol. The summed E-state index contributed by atoms with van der Waals surface area (Å²) < 4.78 is 0. The lowest BCUT2D eigenvalue weighted by atomic mass is 9.66. The van der Waals surface area contributed by atoms with E-state index in [1.54, 1.807) is 0 Å². The lowest BCUT2D eigenvalue weighted by Gasteiger charge is -2.51. The number of nitrogens with one attached hydrogen (secondary N) is 1. The molecule has 0 bridgehead atoms. The van der Waals surface area contributed by atoms with Gasteiger partial charge in [0.1, 0.15) is 0 Å². The zero-order chi connectivity index (χ0) is 19.0. The minimum absolute atomic E-state index is 0.0730. The van der Waals surface area contributed by atoms with Gasteiger partial charge in [0.25, 0.3) is 0 Å². The third-order valence-corrected chi connectivity index (χ3v) is 6.60. The fraction of sp³-hybridized carbons (Fsp3) is 0.524. The molecule has 1 aromatic carbocycles. The summed E-state index contributed by atoms with van der Waals surface area (Å²) in [4.78, 5) is 32.3. The molecule has 0 radical (unpaired) electrons. The van der Waals surface area contributed by atoms with Gasteiger partial charge in [0.05, 0.1) is 12.5 Å². The highest BCUT2D eigenvalue weighted by molar-refractivity contribution is 5.89. The first-order chi connectivity index (χ1) is 13.0. The van der Waals surface area contributed by atoms with Gasteiger partial charge in [0.2, 0.25) is 11.8 Å². The van der Waals surface area contributed by atoms with E-state index in [0.717, 1.165) is 48.7 Å². The number of benzene rings is 1. The topological polar surface area (TPSA) is 82.4 Å². The molecule has 1 spiro atoms. The van der Waals surface area contributed by atoms with Crippen molar-refractivity contribution in [1.82, 2.24) is 14.8 Å². The smallest absolute Gasteiger partial charge is 0.235 e. The maximum atomic E-state index is 12.9. The van der Waals surface area contributed by atoms with Crippen LogP contribution in [0.3, 0.4) is 0 Å². The Kier molecular flexibility index (Phi) is 4.68. The number of primary amides is 1. The first kappa shape index (κ1) is 18.0. The minimum atomic E-state index is -0.226. The van der Waals surface area contributed by atoms with Crippen LogP contribution in [0, 0.1) is 5.41 Å². The summed E-state index contributed by atoms with van der Waals surface area (Å²) in [6.45, 7) is 2.33. The van der Waals surface area contributed by atoms with Crippen molar-refractivity contribution in [3.05, 3.63) is 36.0 Å². The first-order valence-electron chi connectivity index (χ1n) is 9.82. The zero-order valence-corrected chi connectivity index (χ0v) is 15.9. The number of likely N-dealkylation sites (tertiary alicyclic amines) is 2. The van der Waals surface area contributed by atoms with Crippen LogP contribution in [0.5, 0.6) is 0 Å². The summed E-state index contributed by atoms with van der Waals surface area (Å²) in [5, 5.41) is 1.11. The largest absolute Gasteiger partial charge is 0.368 e. The Hall–Kier alpha value is -2.34. The number of carbonyl (C=O) groups is 2. The van der Waals surface area contributed by atoms with E-state index >= 15 is 0 Å². The van der Waals surface area contributed by atoms with Gasteiger partial charge in [-0.05, 0) is 56.3 Å². The van der Waals surface area contributed by atoms with Crippen LogP contribution in [0.15, 0.2) is 30.5 Å². The molecule has 2 amide bonds. The van der Waals surface area contributed by atoms with Gasteiger partial charge in [-0.1, -0.05) is 18.2 Å². The third-order valence-electron chi connectivity index (χ3n) is 6.60. The van der Waals surface area contributed by atoms with Gasteiger partial charge in [-0.3, -0.25) is 14.5 Å². The first-order valence-corrected chi connectivity index (χ1v) is 9.82. The lowest BCUT2D eigenvalue weighted by molar-refractivity contribution is -0.138. The van der Waals surface area contributed by atoms with Gasteiger partial charge in [-0.2, -0.15) is 0 Å². The molecule has 3 N–H and O–H groups in total. The normalized spacial score (nSPS) is 23.0. The van der Waals surface area contributed by atoms with E-state index < -0.39 is 0 Å². The zero-order valence-electron chi connectivity index (χ0n) is 15.9. The van der Waals surface area contributed by atoms with Crippen molar-refractivity contribution in [3.8, 4) is 0 Å². The molecule has 1 aromatic heterocycles. The van der Waals surface area contributed by atoms with Crippen LogP contribution < -0.4 is 5.73 Å². The average Bonchev–Trinajstić information content (AvgIpc) is 3.05. The predicted octanol–water partition coefficient (Wildman–Crippen LogP) is 1.90. The Bertz CT molecular complexity index is 851. The van der Waals surface area contributed by atoms with Crippen LogP contribution in [0.25, 0.3) is 10.9 Å². The van der Waals surface area contributed by atoms with E-state index in [-0.39, 0.29) is 23.3 Å². The quantitative estimate of drug-likeness (QED) is 0.868. The molecular weight excluding hydrogens is 340 g/mol. The second-order valence-electron chi connectivity index (χ2n) is 8.17. The maximum absolute atomic E-state index is 12.9. The number of rotatable bonds is 3. The van der Waals surface area contributed by atoms with Gasteiger partial charge in [-0.15, -0.1) is 0 Å². The number of aromatic amines is 1. The number of H-pyrrole nitrogens is 1. The number of amides is 2. The van der Waals surface area contributed by atoms with Crippen molar-refractivity contribution in [2.45, 2.75) is 38.1 Å². The molecule has 2 fully saturated rings. The molecule has 144 valence electrons. The van der Waals surface area contributed by atoms with Crippen molar-refractivity contribution >= 4 is 22.7 Å². The fourth-order valence-corrected chi connectivity index (χ4v) is 5.21. The number of likely N-dealkylation sites (N-methyl/N-ethyl adjacent to an activating group) is 1. The van der Waals surface area contributed by atoms with Crippen molar-refractivity contribution in [1.29, 1.82) is 0 Å². The van der Waals surface area contributed by atoms with E-state index in [1.807, 2.05) is 36.3 Å². The van der Waals surface area contributed by atoms with Crippen LogP contribution >= 0.6 is 0 Å². The Morgan fingerprint density at radius 1 is 1.19 bits per heavy atom.